The Morgan fingerprint density at radius 2 is 2.27 bits per heavy atom. The lowest BCUT2D eigenvalue weighted by Gasteiger charge is -2.07. The van der Waals surface area contributed by atoms with Crippen LogP contribution in [0.1, 0.15) is 16.7 Å². The minimum absolute atomic E-state index is 0.0199. The first-order valence-corrected chi connectivity index (χ1v) is 7.39. The van der Waals surface area contributed by atoms with Gasteiger partial charge in [-0.15, -0.1) is 11.3 Å². The fourth-order valence-electron chi connectivity index (χ4n) is 1.94. The number of halogens is 1. The number of amides is 1. The van der Waals surface area contributed by atoms with E-state index in [1.807, 2.05) is 6.07 Å². The highest BCUT2D eigenvalue weighted by Crippen LogP contribution is 2.31. The Morgan fingerprint density at radius 3 is 2.91 bits per heavy atom. The molecule has 1 amide bonds. The Kier molecular flexibility index (Phi) is 4.75. The van der Waals surface area contributed by atoms with Gasteiger partial charge in [-0.1, -0.05) is 23.7 Å². The average molecular weight is 336 g/mol. The van der Waals surface area contributed by atoms with Crippen molar-refractivity contribution in [1.29, 1.82) is 5.26 Å². The maximum Gasteiger partial charge on any atom is 0.272 e. The van der Waals surface area contributed by atoms with Gasteiger partial charge in [-0.25, -0.2) is 0 Å². The van der Waals surface area contributed by atoms with Crippen LogP contribution in [-0.2, 0) is 11.2 Å². The van der Waals surface area contributed by atoms with Crippen LogP contribution in [0.5, 0.6) is 0 Å². The molecule has 112 valence electrons. The number of hydrogen-bond acceptors (Lipinski definition) is 5. The number of rotatable bonds is 4. The van der Waals surface area contributed by atoms with Crippen LogP contribution in [-0.4, -0.2) is 10.8 Å². The molecule has 0 aliphatic carbocycles. The van der Waals surface area contributed by atoms with Crippen molar-refractivity contribution >= 4 is 39.5 Å². The Bertz CT molecular complexity index is 795. The van der Waals surface area contributed by atoms with Crippen LogP contribution in [0, 0.1) is 28.4 Å². The number of benzene rings is 1. The van der Waals surface area contributed by atoms with Crippen LogP contribution < -0.4 is 5.32 Å². The largest absolute Gasteiger partial charge is 0.316 e. The summed E-state index contributed by atoms with van der Waals surface area (Å²) in [6.07, 6.45) is -0.0199. The number of hydrogen-bond donors (Lipinski definition) is 1. The number of nitro benzene ring substituents is 1. The van der Waals surface area contributed by atoms with Gasteiger partial charge in [-0.2, -0.15) is 5.26 Å². The third kappa shape index (κ3) is 3.24. The molecule has 2 aromatic rings. The van der Waals surface area contributed by atoms with Crippen molar-refractivity contribution in [3.8, 4) is 6.07 Å². The molecule has 1 N–H and O–H groups in total. The summed E-state index contributed by atoms with van der Waals surface area (Å²) in [5, 5.41) is 24.7. The fraction of sp³-hybridized carbons (Fsp3) is 0.143. The lowest BCUT2D eigenvalue weighted by atomic mass is 10.0. The van der Waals surface area contributed by atoms with Crippen LogP contribution in [0.3, 0.4) is 0 Å². The SMILES string of the molecule is Cc1c(CC(=O)Nc2scc(Cl)c2C#N)cccc1[N+](=O)[O-]. The Hall–Kier alpha value is -2.43. The number of carbonyl (C=O) groups is 1. The molecule has 0 saturated heterocycles. The Balaban J connectivity index is 2.18. The van der Waals surface area contributed by atoms with Crippen molar-refractivity contribution in [1.82, 2.24) is 0 Å². The van der Waals surface area contributed by atoms with Gasteiger partial charge in [0.25, 0.3) is 5.69 Å². The van der Waals surface area contributed by atoms with Gasteiger partial charge >= 0.3 is 0 Å². The molecule has 22 heavy (non-hydrogen) atoms. The standard InChI is InChI=1S/C14H10ClN3O3S/c1-8-9(3-2-4-12(8)18(20)21)5-13(19)17-14-10(6-16)11(15)7-22-14/h2-4,7H,5H2,1H3,(H,17,19). The zero-order chi connectivity index (χ0) is 16.3. The summed E-state index contributed by atoms with van der Waals surface area (Å²) in [7, 11) is 0. The van der Waals surface area contributed by atoms with E-state index >= 15 is 0 Å². The van der Waals surface area contributed by atoms with Crippen LogP contribution in [0.2, 0.25) is 5.02 Å². The van der Waals surface area contributed by atoms with Crippen molar-refractivity contribution in [2.75, 3.05) is 5.32 Å². The van der Waals surface area contributed by atoms with Gasteiger partial charge < -0.3 is 5.32 Å². The van der Waals surface area contributed by atoms with Crippen molar-refractivity contribution in [3.05, 3.63) is 55.4 Å². The molecule has 0 unspecified atom stereocenters. The molecule has 0 fully saturated rings. The van der Waals surface area contributed by atoms with E-state index in [9.17, 15) is 14.9 Å². The molecule has 0 aliphatic rings. The molecule has 2 rings (SSSR count). The van der Waals surface area contributed by atoms with E-state index in [1.165, 1.54) is 12.1 Å². The second-order valence-electron chi connectivity index (χ2n) is 4.44. The van der Waals surface area contributed by atoms with Gasteiger partial charge in [0.15, 0.2) is 0 Å². The first-order chi connectivity index (χ1) is 10.4. The van der Waals surface area contributed by atoms with E-state index in [0.717, 1.165) is 11.3 Å². The molecule has 0 bridgehead atoms. The summed E-state index contributed by atoms with van der Waals surface area (Å²) in [5.74, 6) is -0.362. The molecule has 0 spiro atoms. The van der Waals surface area contributed by atoms with E-state index in [1.54, 1.807) is 18.4 Å². The molecular weight excluding hydrogens is 326 g/mol. The second kappa shape index (κ2) is 6.56. The van der Waals surface area contributed by atoms with Crippen molar-refractivity contribution in [2.24, 2.45) is 0 Å². The van der Waals surface area contributed by atoms with E-state index < -0.39 is 4.92 Å². The quantitative estimate of drug-likeness (QED) is 0.681. The summed E-state index contributed by atoms with van der Waals surface area (Å²) in [5.41, 5.74) is 1.21. The van der Waals surface area contributed by atoms with Gasteiger partial charge in [0.05, 0.1) is 16.4 Å². The number of nitrogens with one attached hydrogen (secondary N) is 1. The molecular formula is C14H10ClN3O3S. The van der Waals surface area contributed by atoms with Crippen LogP contribution in [0.15, 0.2) is 23.6 Å². The number of carbonyl (C=O) groups excluding carboxylic acids is 1. The van der Waals surface area contributed by atoms with Crippen molar-refractivity contribution in [3.63, 3.8) is 0 Å². The smallest absolute Gasteiger partial charge is 0.272 e. The summed E-state index contributed by atoms with van der Waals surface area (Å²) in [6.45, 7) is 1.60. The number of nitro groups is 1. The van der Waals surface area contributed by atoms with Gasteiger partial charge in [0, 0.05) is 17.0 Å². The third-order valence-electron chi connectivity index (χ3n) is 3.08. The predicted molar refractivity (Wildman–Crippen MR) is 84.2 cm³/mol. The lowest BCUT2D eigenvalue weighted by molar-refractivity contribution is -0.385. The fourth-order valence-corrected chi connectivity index (χ4v) is 3.05. The number of thiophene rings is 1. The van der Waals surface area contributed by atoms with E-state index in [4.69, 9.17) is 16.9 Å². The summed E-state index contributed by atoms with van der Waals surface area (Å²) in [6, 6.07) is 6.51. The van der Waals surface area contributed by atoms with E-state index in [-0.39, 0.29) is 28.6 Å². The molecule has 1 heterocycles. The molecule has 1 aromatic heterocycles. The average Bonchev–Trinajstić information content (AvgIpc) is 2.80. The normalized spacial score (nSPS) is 10.0. The minimum Gasteiger partial charge on any atom is -0.316 e. The lowest BCUT2D eigenvalue weighted by Crippen LogP contribution is -2.15. The van der Waals surface area contributed by atoms with E-state index in [0.29, 0.717) is 16.1 Å². The highest BCUT2D eigenvalue weighted by atomic mass is 35.5. The van der Waals surface area contributed by atoms with Gasteiger partial charge in [-0.3, -0.25) is 14.9 Å². The highest BCUT2D eigenvalue weighted by Gasteiger charge is 2.17. The molecule has 6 nitrogen and oxygen atoms in total. The predicted octanol–water partition coefficient (Wildman–Crippen LogP) is 3.67. The highest BCUT2D eigenvalue weighted by molar-refractivity contribution is 7.15. The molecule has 0 atom stereocenters. The molecule has 0 radical (unpaired) electrons. The van der Waals surface area contributed by atoms with Gasteiger partial charge in [0.2, 0.25) is 5.91 Å². The zero-order valence-electron chi connectivity index (χ0n) is 11.4. The number of anilines is 1. The maximum absolute atomic E-state index is 12.1. The van der Waals surface area contributed by atoms with E-state index in [2.05, 4.69) is 5.32 Å². The third-order valence-corrected chi connectivity index (χ3v) is 4.40. The zero-order valence-corrected chi connectivity index (χ0v) is 13.0. The van der Waals surface area contributed by atoms with Crippen LogP contribution in [0.25, 0.3) is 0 Å². The first kappa shape index (κ1) is 15.9. The number of nitrogens with zero attached hydrogens (tertiary/aromatic N) is 2. The van der Waals surface area contributed by atoms with Gasteiger partial charge in [-0.05, 0) is 12.5 Å². The topological polar surface area (TPSA) is 96.0 Å². The molecule has 1 aromatic carbocycles. The monoisotopic (exact) mass is 335 g/mol. The maximum atomic E-state index is 12.1. The Morgan fingerprint density at radius 1 is 1.55 bits per heavy atom. The summed E-state index contributed by atoms with van der Waals surface area (Å²) >= 11 is 6.99. The van der Waals surface area contributed by atoms with Crippen molar-refractivity contribution < 1.29 is 9.72 Å². The number of nitriles is 1. The minimum atomic E-state index is -0.483. The van der Waals surface area contributed by atoms with Crippen LogP contribution >= 0.6 is 22.9 Å². The molecule has 8 heteroatoms. The van der Waals surface area contributed by atoms with Gasteiger partial charge in [0.1, 0.15) is 16.6 Å². The Labute approximate surface area is 135 Å². The second-order valence-corrected chi connectivity index (χ2v) is 5.73. The summed E-state index contributed by atoms with van der Waals surface area (Å²) < 4.78 is 0. The molecule has 0 saturated carbocycles. The van der Waals surface area contributed by atoms with Crippen molar-refractivity contribution in [2.45, 2.75) is 13.3 Å². The van der Waals surface area contributed by atoms with Crippen LogP contribution in [0.4, 0.5) is 10.7 Å². The first-order valence-electron chi connectivity index (χ1n) is 6.14. The molecule has 0 aliphatic heterocycles. The summed E-state index contributed by atoms with van der Waals surface area (Å²) in [4.78, 5) is 22.5.